The zero-order valence-corrected chi connectivity index (χ0v) is 9.95. The van der Waals surface area contributed by atoms with Crippen molar-refractivity contribution in [2.24, 2.45) is 0 Å². The third-order valence-electron chi connectivity index (χ3n) is 2.63. The number of nitrogens with zero attached hydrogens (tertiary/aromatic N) is 2. The molecule has 4 nitrogen and oxygen atoms in total. The van der Waals surface area contributed by atoms with Crippen molar-refractivity contribution in [2.75, 3.05) is 11.6 Å². The molecule has 2 rings (SSSR count). The van der Waals surface area contributed by atoms with Crippen molar-refractivity contribution in [3.63, 3.8) is 0 Å². The molecular formula is C12H14F2N4. The van der Waals surface area contributed by atoms with E-state index in [-0.39, 0.29) is 11.4 Å². The van der Waals surface area contributed by atoms with Crippen LogP contribution in [0.25, 0.3) is 11.3 Å². The first-order chi connectivity index (χ1) is 8.52. The van der Waals surface area contributed by atoms with Crippen LogP contribution >= 0.6 is 0 Å². The van der Waals surface area contributed by atoms with Crippen LogP contribution in [0.4, 0.5) is 14.6 Å². The molecule has 0 aliphatic rings. The molecule has 0 atom stereocenters. The molecule has 96 valence electrons. The fourth-order valence-electron chi connectivity index (χ4n) is 1.80. The molecule has 0 aliphatic heterocycles. The average Bonchev–Trinajstić information content (AvgIpc) is 2.57. The maximum atomic E-state index is 13.2. The molecule has 0 spiro atoms. The van der Waals surface area contributed by atoms with Crippen molar-refractivity contribution in [3.8, 4) is 11.3 Å². The molecule has 1 aromatic heterocycles. The summed E-state index contributed by atoms with van der Waals surface area (Å²) < 4.78 is 27.6. The third-order valence-corrected chi connectivity index (χ3v) is 2.63. The van der Waals surface area contributed by atoms with Gasteiger partial charge < -0.3 is 11.6 Å². The first-order valence-electron chi connectivity index (χ1n) is 5.61. The highest BCUT2D eigenvalue weighted by atomic mass is 19.1. The summed E-state index contributed by atoms with van der Waals surface area (Å²) in [5.74, 6) is 5.19. The molecule has 0 radical (unpaired) electrons. The van der Waals surface area contributed by atoms with Gasteiger partial charge in [0.15, 0.2) is 5.82 Å². The van der Waals surface area contributed by atoms with Gasteiger partial charge in [0.25, 0.3) is 0 Å². The summed E-state index contributed by atoms with van der Waals surface area (Å²) in [7, 11) is 0. The lowest BCUT2D eigenvalue weighted by Gasteiger charge is -2.01. The van der Waals surface area contributed by atoms with Crippen molar-refractivity contribution in [3.05, 3.63) is 35.7 Å². The molecule has 0 saturated carbocycles. The van der Waals surface area contributed by atoms with E-state index in [9.17, 15) is 8.78 Å². The molecule has 0 aliphatic carbocycles. The molecule has 2 aromatic rings. The number of halogens is 2. The Labute approximate surface area is 103 Å². The Morgan fingerprint density at radius 2 is 1.83 bits per heavy atom. The van der Waals surface area contributed by atoms with Gasteiger partial charge in [0.2, 0.25) is 0 Å². The Morgan fingerprint density at radius 1 is 1.22 bits per heavy atom. The highest BCUT2D eigenvalue weighted by Crippen LogP contribution is 2.26. The number of aromatic nitrogens is 2. The zero-order valence-electron chi connectivity index (χ0n) is 9.95. The Morgan fingerprint density at radius 3 is 2.39 bits per heavy atom. The first-order valence-corrected chi connectivity index (χ1v) is 5.61. The summed E-state index contributed by atoms with van der Waals surface area (Å²) in [4.78, 5) is 4.23. The molecule has 0 unspecified atom stereocenters. The molecule has 0 fully saturated rings. The maximum Gasteiger partial charge on any atom is 0.150 e. The van der Waals surface area contributed by atoms with E-state index in [0.29, 0.717) is 17.9 Å². The smallest absolute Gasteiger partial charge is 0.150 e. The topological polar surface area (TPSA) is 69.9 Å². The maximum absolute atomic E-state index is 13.2. The van der Waals surface area contributed by atoms with Crippen LogP contribution in [0.15, 0.2) is 18.2 Å². The lowest BCUT2D eigenvalue weighted by Crippen LogP contribution is -2.15. The fraction of sp³-hybridized carbons (Fsp3) is 0.250. The van der Waals surface area contributed by atoms with E-state index < -0.39 is 11.6 Å². The largest absolute Gasteiger partial charge is 0.382 e. The number of nitrogen functional groups attached to an aromatic ring is 2. The normalized spacial score (nSPS) is 10.8. The van der Waals surface area contributed by atoms with Crippen molar-refractivity contribution < 1.29 is 8.78 Å². The van der Waals surface area contributed by atoms with E-state index in [1.807, 2.05) is 6.92 Å². The second-order valence-corrected chi connectivity index (χ2v) is 4.04. The number of hydrogen-bond acceptors (Lipinski definition) is 3. The van der Waals surface area contributed by atoms with Gasteiger partial charge in [-0.1, -0.05) is 6.92 Å². The van der Waals surface area contributed by atoms with Crippen molar-refractivity contribution in [2.45, 2.75) is 19.8 Å². The van der Waals surface area contributed by atoms with Gasteiger partial charge in [0.05, 0.1) is 0 Å². The molecule has 18 heavy (non-hydrogen) atoms. The number of benzene rings is 1. The number of aryl methyl sites for hydroxylation is 1. The van der Waals surface area contributed by atoms with Crippen LogP contribution in [0.3, 0.4) is 0 Å². The second kappa shape index (κ2) is 4.64. The van der Waals surface area contributed by atoms with Gasteiger partial charge in [-0.2, -0.15) is 0 Å². The predicted molar refractivity (Wildman–Crippen MR) is 66.1 cm³/mol. The van der Waals surface area contributed by atoms with Crippen LogP contribution in [-0.2, 0) is 6.42 Å². The number of hydrogen-bond donors (Lipinski definition) is 2. The van der Waals surface area contributed by atoms with Crippen LogP contribution in [0, 0.1) is 11.6 Å². The van der Waals surface area contributed by atoms with Gasteiger partial charge >= 0.3 is 0 Å². The Kier molecular flexibility index (Phi) is 3.18. The minimum atomic E-state index is -0.673. The minimum absolute atomic E-state index is 0.198. The summed E-state index contributed by atoms with van der Waals surface area (Å²) in [6, 6.07) is 3.15. The Bertz CT molecular complexity index is 557. The van der Waals surface area contributed by atoms with Crippen molar-refractivity contribution in [1.29, 1.82) is 0 Å². The summed E-state index contributed by atoms with van der Waals surface area (Å²) in [5.41, 5.74) is 6.39. The first kappa shape index (κ1) is 12.3. The molecule has 1 aromatic carbocycles. The highest BCUT2D eigenvalue weighted by Gasteiger charge is 2.15. The van der Waals surface area contributed by atoms with Gasteiger partial charge in [-0.15, -0.1) is 0 Å². The number of nitrogens with two attached hydrogens (primary N) is 2. The summed E-state index contributed by atoms with van der Waals surface area (Å²) in [5, 5.41) is 0. The van der Waals surface area contributed by atoms with E-state index >= 15 is 0 Å². The predicted octanol–water partition coefficient (Wildman–Crippen LogP) is 2.08. The minimum Gasteiger partial charge on any atom is -0.382 e. The summed E-state index contributed by atoms with van der Waals surface area (Å²) >= 11 is 0. The van der Waals surface area contributed by atoms with Gasteiger partial charge in [-0.3, -0.25) is 0 Å². The molecule has 0 amide bonds. The van der Waals surface area contributed by atoms with E-state index in [2.05, 4.69) is 4.98 Å². The van der Waals surface area contributed by atoms with E-state index in [1.165, 1.54) is 16.8 Å². The SMILES string of the molecule is CCCc1nc(-c2cc(F)cc(F)c2)c(N)n1N. The highest BCUT2D eigenvalue weighted by molar-refractivity contribution is 5.71. The Balaban J connectivity index is 2.53. The fourth-order valence-corrected chi connectivity index (χ4v) is 1.80. The van der Waals surface area contributed by atoms with Gasteiger partial charge in [-0.25, -0.2) is 18.4 Å². The number of rotatable bonds is 3. The molecule has 4 N–H and O–H groups in total. The monoisotopic (exact) mass is 252 g/mol. The number of imidazole rings is 1. The van der Waals surface area contributed by atoms with Crippen LogP contribution in [0.5, 0.6) is 0 Å². The third kappa shape index (κ3) is 2.13. The number of anilines is 1. The summed E-state index contributed by atoms with van der Waals surface area (Å²) in [6.45, 7) is 1.98. The standard InChI is InChI=1S/C12H14F2N4/c1-2-3-10-17-11(12(15)18(10)16)7-4-8(13)6-9(14)5-7/h4-6H,2-3,15-16H2,1H3. The lowest BCUT2D eigenvalue weighted by atomic mass is 10.1. The summed E-state index contributed by atoms with van der Waals surface area (Å²) in [6.07, 6.45) is 1.50. The van der Waals surface area contributed by atoms with Crippen molar-refractivity contribution >= 4 is 5.82 Å². The molecule has 0 saturated heterocycles. The lowest BCUT2D eigenvalue weighted by molar-refractivity contribution is 0.584. The molecule has 6 heteroatoms. The van der Waals surface area contributed by atoms with Gasteiger partial charge in [0, 0.05) is 18.1 Å². The zero-order chi connectivity index (χ0) is 13.3. The molecular weight excluding hydrogens is 238 g/mol. The van der Waals surface area contributed by atoms with Crippen LogP contribution in [-0.4, -0.2) is 9.66 Å². The van der Waals surface area contributed by atoms with Crippen molar-refractivity contribution in [1.82, 2.24) is 9.66 Å². The quantitative estimate of drug-likeness (QED) is 0.821. The van der Waals surface area contributed by atoms with Crippen LogP contribution in [0.1, 0.15) is 19.2 Å². The average molecular weight is 252 g/mol. The van der Waals surface area contributed by atoms with Crippen LogP contribution in [0.2, 0.25) is 0 Å². The van der Waals surface area contributed by atoms with E-state index in [0.717, 1.165) is 12.5 Å². The molecule has 1 heterocycles. The van der Waals surface area contributed by atoms with E-state index in [1.54, 1.807) is 0 Å². The van der Waals surface area contributed by atoms with Gasteiger partial charge in [-0.05, 0) is 18.6 Å². The van der Waals surface area contributed by atoms with E-state index in [4.69, 9.17) is 11.6 Å². The second-order valence-electron chi connectivity index (χ2n) is 4.04. The molecule has 0 bridgehead atoms. The van der Waals surface area contributed by atoms with Crippen LogP contribution < -0.4 is 11.6 Å². The van der Waals surface area contributed by atoms with Gasteiger partial charge in [0.1, 0.15) is 23.2 Å². The Hall–Kier alpha value is -2.11.